The van der Waals surface area contributed by atoms with Gasteiger partial charge < -0.3 is 24.2 Å². The van der Waals surface area contributed by atoms with Crippen LogP contribution in [0.4, 0.5) is 0 Å². The highest BCUT2D eigenvalue weighted by Gasteiger charge is 2.16. The molecule has 0 aromatic heterocycles. The summed E-state index contributed by atoms with van der Waals surface area (Å²) < 4.78 is 16.3. The van der Waals surface area contributed by atoms with E-state index in [9.17, 15) is 9.90 Å². The lowest BCUT2D eigenvalue weighted by Crippen LogP contribution is -2.35. The van der Waals surface area contributed by atoms with Crippen molar-refractivity contribution in [2.45, 2.75) is 26.5 Å². The summed E-state index contributed by atoms with van der Waals surface area (Å²) >= 11 is 0. The molecule has 7 heteroatoms. The third-order valence-electron chi connectivity index (χ3n) is 4.33. The van der Waals surface area contributed by atoms with Gasteiger partial charge >= 0.3 is 0 Å². The molecule has 1 amide bonds. The van der Waals surface area contributed by atoms with E-state index in [-0.39, 0.29) is 19.1 Å². The second-order valence-corrected chi connectivity index (χ2v) is 6.80. The number of benzene rings is 2. The summed E-state index contributed by atoms with van der Waals surface area (Å²) in [4.78, 5) is 14.5. The highest BCUT2D eigenvalue weighted by atomic mass is 16.5. The van der Waals surface area contributed by atoms with Crippen LogP contribution in [0.15, 0.2) is 48.5 Å². The molecular formula is C24H28N2O5. The first-order chi connectivity index (χ1) is 15.0. The lowest BCUT2D eigenvalue weighted by Gasteiger charge is -2.24. The fourth-order valence-corrected chi connectivity index (χ4v) is 2.98. The van der Waals surface area contributed by atoms with Gasteiger partial charge in [-0.1, -0.05) is 24.3 Å². The molecule has 2 rings (SSSR count). The summed E-state index contributed by atoms with van der Waals surface area (Å²) in [7, 11) is 1.51. The topological polar surface area (TPSA) is 92.0 Å². The number of para-hydroxylation sites is 1. The first-order valence-corrected chi connectivity index (χ1v) is 10.0. The number of hydrogen-bond acceptors (Lipinski definition) is 6. The van der Waals surface area contributed by atoms with Crippen LogP contribution in [0.5, 0.6) is 17.2 Å². The first kappa shape index (κ1) is 23.8. The largest absolute Gasteiger partial charge is 0.494 e. The van der Waals surface area contributed by atoms with Crippen molar-refractivity contribution in [3.8, 4) is 23.3 Å². The predicted octanol–water partition coefficient (Wildman–Crippen LogP) is 3.42. The summed E-state index contributed by atoms with van der Waals surface area (Å²) in [5.74, 6) is 1.40. The molecule has 2 aromatic rings. The van der Waals surface area contributed by atoms with Crippen LogP contribution in [0.25, 0.3) is 6.08 Å². The van der Waals surface area contributed by atoms with Crippen LogP contribution >= 0.6 is 0 Å². The second-order valence-electron chi connectivity index (χ2n) is 6.80. The minimum absolute atomic E-state index is 0.0818. The molecule has 0 fully saturated rings. The van der Waals surface area contributed by atoms with Crippen molar-refractivity contribution in [3.05, 3.63) is 59.7 Å². The molecule has 1 N–H and O–H groups in total. The van der Waals surface area contributed by atoms with Gasteiger partial charge in [-0.05, 0) is 43.7 Å². The molecule has 2 aromatic carbocycles. The van der Waals surface area contributed by atoms with E-state index in [1.807, 2.05) is 37.3 Å². The maximum Gasteiger partial charge on any atom is 0.246 e. The molecule has 0 aliphatic heterocycles. The Kier molecular flexibility index (Phi) is 9.40. The average Bonchev–Trinajstić information content (AvgIpc) is 2.76. The van der Waals surface area contributed by atoms with Crippen LogP contribution < -0.4 is 14.2 Å². The molecule has 0 spiro atoms. The van der Waals surface area contributed by atoms with E-state index in [0.29, 0.717) is 24.7 Å². The summed E-state index contributed by atoms with van der Waals surface area (Å²) in [5.41, 5.74) is 1.61. The Morgan fingerprint density at radius 3 is 2.65 bits per heavy atom. The molecule has 0 aliphatic rings. The van der Waals surface area contributed by atoms with Crippen molar-refractivity contribution in [2.75, 3.05) is 26.9 Å². The number of amides is 1. The molecule has 0 radical (unpaired) electrons. The lowest BCUT2D eigenvalue weighted by atomic mass is 10.1. The van der Waals surface area contributed by atoms with E-state index in [1.54, 1.807) is 36.1 Å². The van der Waals surface area contributed by atoms with E-state index in [0.717, 1.165) is 16.9 Å². The van der Waals surface area contributed by atoms with Crippen molar-refractivity contribution in [3.63, 3.8) is 0 Å². The highest BCUT2D eigenvalue weighted by Crippen LogP contribution is 2.28. The molecule has 31 heavy (non-hydrogen) atoms. The van der Waals surface area contributed by atoms with E-state index in [1.165, 1.54) is 13.2 Å². The maximum atomic E-state index is 12.9. The zero-order valence-corrected chi connectivity index (χ0v) is 18.1. The number of carbonyl (C=O) groups excluding carboxylic acids is 1. The number of nitriles is 1. The Morgan fingerprint density at radius 1 is 1.19 bits per heavy atom. The summed E-state index contributed by atoms with van der Waals surface area (Å²) in [6, 6.07) is 14.6. The third kappa shape index (κ3) is 7.36. The predicted molar refractivity (Wildman–Crippen MR) is 118 cm³/mol. The van der Waals surface area contributed by atoms with Crippen LogP contribution in [0.1, 0.15) is 25.0 Å². The van der Waals surface area contributed by atoms with Gasteiger partial charge in [0.2, 0.25) is 5.91 Å². The third-order valence-corrected chi connectivity index (χ3v) is 4.33. The maximum absolute atomic E-state index is 12.9. The van der Waals surface area contributed by atoms with Gasteiger partial charge in [0, 0.05) is 24.7 Å². The summed E-state index contributed by atoms with van der Waals surface area (Å²) in [6.07, 6.45) is 2.45. The van der Waals surface area contributed by atoms with Crippen LogP contribution in [0.2, 0.25) is 0 Å². The zero-order valence-electron chi connectivity index (χ0n) is 18.1. The van der Waals surface area contributed by atoms with Crippen molar-refractivity contribution < 1.29 is 24.1 Å². The molecular weight excluding hydrogens is 396 g/mol. The van der Waals surface area contributed by atoms with Crippen molar-refractivity contribution in [1.82, 2.24) is 4.90 Å². The molecule has 0 heterocycles. The Morgan fingerprint density at radius 2 is 1.97 bits per heavy atom. The van der Waals surface area contributed by atoms with E-state index in [4.69, 9.17) is 19.5 Å². The van der Waals surface area contributed by atoms with Gasteiger partial charge in [0.15, 0.2) is 18.1 Å². The fourth-order valence-electron chi connectivity index (χ4n) is 2.98. The molecule has 0 saturated heterocycles. The molecule has 0 unspecified atom stereocenters. The second kappa shape index (κ2) is 12.3. The van der Waals surface area contributed by atoms with Gasteiger partial charge in [-0.2, -0.15) is 5.26 Å². The number of carbonyl (C=O) groups is 1. The Labute approximate surface area is 183 Å². The SMILES string of the molecule is CCOc1ccccc1CN(C[C@H](C)O)C(=O)/C=C\c1ccc(OCC#N)c(OC)c1. The quantitative estimate of drug-likeness (QED) is 0.556. The Bertz CT molecular complexity index is 934. The smallest absolute Gasteiger partial charge is 0.246 e. The minimum Gasteiger partial charge on any atom is -0.494 e. The van der Waals surface area contributed by atoms with Crippen LogP contribution in [0, 0.1) is 11.3 Å². The molecule has 1 atom stereocenters. The first-order valence-electron chi connectivity index (χ1n) is 10.0. The summed E-state index contributed by atoms with van der Waals surface area (Å²) in [6.45, 7) is 4.49. The molecule has 0 aliphatic carbocycles. The van der Waals surface area contributed by atoms with E-state index >= 15 is 0 Å². The van der Waals surface area contributed by atoms with Gasteiger partial charge in [0.1, 0.15) is 11.8 Å². The van der Waals surface area contributed by atoms with Crippen LogP contribution in [-0.4, -0.2) is 48.9 Å². The highest BCUT2D eigenvalue weighted by molar-refractivity contribution is 5.92. The standard InChI is InChI=1S/C24H28N2O5/c1-4-30-21-8-6-5-7-20(21)17-26(16-18(2)27)24(28)12-10-19-9-11-22(31-14-13-25)23(15-19)29-3/h5-12,15,18,27H,4,14,16-17H2,1-3H3/b12-10-/t18-/m0/s1. The molecule has 0 saturated carbocycles. The van der Waals surface area contributed by atoms with Crippen LogP contribution in [-0.2, 0) is 11.3 Å². The van der Waals surface area contributed by atoms with Crippen LogP contribution in [0.3, 0.4) is 0 Å². The van der Waals surface area contributed by atoms with Gasteiger partial charge in [-0.25, -0.2) is 0 Å². The summed E-state index contributed by atoms with van der Waals surface area (Å²) in [5, 5.41) is 18.5. The number of hydrogen-bond donors (Lipinski definition) is 1. The number of aliphatic hydroxyl groups excluding tert-OH is 1. The van der Waals surface area contributed by atoms with E-state index < -0.39 is 6.10 Å². The number of ether oxygens (including phenoxy) is 3. The van der Waals surface area contributed by atoms with Crippen molar-refractivity contribution in [2.24, 2.45) is 0 Å². The lowest BCUT2D eigenvalue weighted by molar-refractivity contribution is -0.127. The zero-order chi connectivity index (χ0) is 22.6. The van der Waals surface area contributed by atoms with Crippen molar-refractivity contribution >= 4 is 12.0 Å². The number of methoxy groups -OCH3 is 1. The normalized spacial score (nSPS) is 11.6. The molecule has 7 nitrogen and oxygen atoms in total. The molecule has 0 bridgehead atoms. The van der Waals surface area contributed by atoms with Gasteiger partial charge in [0.05, 0.1) is 19.8 Å². The average molecular weight is 424 g/mol. The molecule has 164 valence electrons. The number of aliphatic hydroxyl groups is 1. The number of rotatable bonds is 11. The monoisotopic (exact) mass is 424 g/mol. The van der Waals surface area contributed by atoms with Gasteiger partial charge in [-0.15, -0.1) is 0 Å². The van der Waals surface area contributed by atoms with E-state index in [2.05, 4.69) is 0 Å². The minimum atomic E-state index is -0.673. The Hall–Kier alpha value is -3.50. The van der Waals surface area contributed by atoms with Crippen molar-refractivity contribution in [1.29, 1.82) is 5.26 Å². The fraction of sp³-hybridized carbons (Fsp3) is 0.333. The number of nitrogens with zero attached hydrogens (tertiary/aromatic N) is 2. The van der Waals surface area contributed by atoms with Gasteiger partial charge in [0.25, 0.3) is 0 Å². The van der Waals surface area contributed by atoms with Gasteiger partial charge in [-0.3, -0.25) is 4.79 Å². The Balaban J connectivity index is 2.19.